The Kier molecular flexibility index (Phi) is 6.70. The molecule has 1 heterocycles. The van der Waals surface area contributed by atoms with Crippen LogP contribution in [0.3, 0.4) is 0 Å². The molecule has 0 aliphatic heterocycles. The van der Waals surface area contributed by atoms with Crippen LogP contribution in [0.1, 0.15) is 26.4 Å². The van der Waals surface area contributed by atoms with Crippen molar-refractivity contribution in [2.75, 3.05) is 12.4 Å². The van der Waals surface area contributed by atoms with Crippen molar-refractivity contribution in [3.05, 3.63) is 73.7 Å². The number of nitro benzene ring substituents is 1. The summed E-state index contributed by atoms with van der Waals surface area (Å²) in [5, 5.41) is 18.7. The Morgan fingerprint density at radius 1 is 1.20 bits per heavy atom. The summed E-state index contributed by atoms with van der Waals surface area (Å²) < 4.78 is 0.677. The van der Waals surface area contributed by atoms with Crippen LogP contribution < -0.4 is 10.6 Å². The third-order valence-electron chi connectivity index (χ3n) is 3.91. The molecule has 0 radical (unpaired) electrons. The highest BCUT2D eigenvalue weighted by Gasteiger charge is 2.20. The van der Waals surface area contributed by atoms with Crippen LogP contribution >= 0.6 is 34.7 Å². The number of aryl methyl sites for hydroxylation is 1. The van der Waals surface area contributed by atoms with Gasteiger partial charge in [0.05, 0.1) is 20.4 Å². The van der Waals surface area contributed by atoms with Crippen LogP contribution in [-0.2, 0) is 0 Å². The molecule has 0 aliphatic carbocycles. The van der Waals surface area contributed by atoms with E-state index < -0.39 is 16.7 Å². The van der Waals surface area contributed by atoms with Gasteiger partial charge in [0.15, 0.2) is 4.34 Å². The molecule has 3 aromatic rings. The Morgan fingerprint density at radius 2 is 1.97 bits per heavy atom. The van der Waals surface area contributed by atoms with E-state index in [1.165, 1.54) is 66.5 Å². The minimum Gasteiger partial charge on any atom is -0.355 e. The molecular formula is C19H15ClN4O4S2. The molecule has 11 heteroatoms. The zero-order valence-electron chi connectivity index (χ0n) is 15.8. The molecule has 2 amide bonds. The number of carbonyl (C=O) groups is 2. The molecule has 8 nitrogen and oxygen atoms in total. The number of nitrogens with one attached hydrogen (secondary N) is 2. The fraction of sp³-hybridized carbons (Fsp3) is 0.105. The summed E-state index contributed by atoms with van der Waals surface area (Å²) in [6.07, 6.45) is 0. The first-order valence-electron chi connectivity index (χ1n) is 8.50. The van der Waals surface area contributed by atoms with Gasteiger partial charge < -0.3 is 10.6 Å². The summed E-state index contributed by atoms with van der Waals surface area (Å²) in [5.74, 6) is -0.949. The Morgan fingerprint density at radius 3 is 2.60 bits per heavy atom. The van der Waals surface area contributed by atoms with Crippen molar-refractivity contribution in [2.45, 2.75) is 16.2 Å². The highest BCUT2D eigenvalue weighted by atomic mass is 35.5. The first kappa shape index (κ1) is 21.8. The topological polar surface area (TPSA) is 114 Å². The quantitative estimate of drug-likeness (QED) is 0.402. The maximum atomic E-state index is 12.6. The Bertz CT molecular complexity index is 1150. The second-order valence-corrected chi connectivity index (χ2v) is 8.58. The lowest BCUT2D eigenvalue weighted by Gasteiger charge is -2.09. The largest absolute Gasteiger partial charge is 0.355 e. The number of amides is 2. The van der Waals surface area contributed by atoms with Crippen LogP contribution in [0, 0.1) is 17.0 Å². The van der Waals surface area contributed by atoms with E-state index in [2.05, 4.69) is 15.6 Å². The molecule has 154 valence electrons. The number of benzene rings is 2. The lowest BCUT2D eigenvalue weighted by atomic mass is 10.1. The van der Waals surface area contributed by atoms with Crippen LogP contribution in [0.4, 0.5) is 11.4 Å². The van der Waals surface area contributed by atoms with Crippen molar-refractivity contribution in [1.29, 1.82) is 0 Å². The van der Waals surface area contributed by atoms with Gasteiger partial charge in [0.25, 0.3) is 17.5 Å². The maximum absolute atomic E-state index is 12.6. The number of nitrogens with zero attached hydrogens (tertiary/aromatic N) is 2. The second-order valence-electron chi connectivity index (χ2n) is 6.02. The molecule has 0 fully saturated rings. The number of hydrogen-bond acceptors (Lipinski definition) is 7. The first-order chi connectivity index (χ1) is 14.3. The number of rotatable bonds is 6. The van der Waals surface area contributed by atoms with Crippen molar-refractivity contribution >= 4 is 57.9 Å². The van der Waals surface area contributed by atoms with Gasteiger partial charge in [-0.15, -0.1) is 11.3 Å². The van der Waals surface area contributed by atoms with Gasteiger partial charge in [-0.25, -0.2) is 4.98 Å². The van der Waals surface area contributed by atoms with Gasteiger partial charge in [0, 0.05) is 35.4 Å². The highest BCUT2D eigenvalue weighted by molar-refractivity contribution is 8.01. The summed E-state index contributed by atoms with van der Waals surface area (Å²) in [7, 11) is 1.47. The molecule has 0 bridgehead atoms. The number of carbonyl (C=O) groups excluding carboxylic acids is 2. The number of aromatic nitrogens is 1. The van der Waals surface area contributed by atoms with Gasteiger partial charge in [-0.2, -0.15) is 0 Å². The fourth-order valence-electron chi connectivity index (χ4n) is 2.48. The van der Waals surface area contributed by atoms with Gasteiger partial charge in [0.2, 0.25) is 0 Å². The third kappa shape index (κ3) is 4.96. The average molecular weight is 463 g/mol. The average Bonchev–Trinajstić information content (AvgIpc) is 3.13. The molecule has 0 spiro atoms. The lowest BCUT2D eigenvalue weighted by Crippen LogP contribution is -2.19. The molecule has 0 saturated carbocycles. The molecule has 0 saturated heterocycles. The van der Waals surface area contributed by atoms with Crippen LogP contribution in [0.5, 0.6) is 0 Å². The lowest BCUT2D eigenvalue weighted by molar-refractivity contribution is -0.387. The fourth-order valence-corrected chi connectivity index (χ4v) is 4.56. The molecule has 0 unspecified atom stereocenters. The minimum absolute atomic E-state index is 0.109. The van der Waals surface area contributed by atoms with Crippen LogP contribution in [-0.4, -0.2) is 28.8 Å². The molecule has 3 rings (SSSR count). The van der Waals surface area contributed by atoms with Gasteiger partial charge in [-0.1, -0.05) is 23.4 Å². The van der Waals surface area contributed by atoms with Crippen molar-refractivity contribution in [3.8, 4) is 0 Å². The second kappa shape index (κ2) is 9.24. The van der Waals surface area contributed by atoms with Gasteiger partial charge in [-0.3, -0.25) is 19.7 Å². The molecule has 2 aromatic carbocycles. The van der Waals surface area contributed by atoms with E-state index >= 15 is 0 Å². The van der Waals surface area contributed by atoms with E-state index in [0.29, 0.717) is 14.9 Å². The predicted octanol–water partition coefficient (Wildman–Crippen LogP) is 4.78. The number of halogens is 1. The number of nitro groups is 1. The van der Waals surface area contributed by atoms with E-state index in [1.807, 2.05) is 12.3 Å². The predicted molar refractivity (Wildman–Crippen MR) is 117 cm³/mol. The standard InChI is InChI=1S/C19H15ClN4O4S2/c1-10-9-29-19(22-10)30-16-6-3-11(7-15(16)24(27)28)17(25)23-12-4-5-14(20)13(8-12)18(26)21-2/h3-9H,1-2H3,(H,21,26)(H,23,25). The van der Waals surface area contributed by atoms with Crippen LogP contribution in [0.25, 0.3) is 0 Å². The number of hydrogen-bond donors (Lipinski definition) is 2. The molecule has 1 aromatic heterocycles. The van der Waals surface area contributed by atoms with E-state index in [4.69, 9.17) is 11.6 Å². The SMILES string of the molecule is CNC(=O)c1cc(NC(=O)c2ccc(Sc3nc(C)cs3)c([N+](=O)[O-])c2)ccc1Cl. The molecule has 0 aliphatic rings. The number of anilines is 1. The third-order valence-corrected chi connectivity index (χ3v) is 6.36. The van der Waals surface area contributed by atoms with E-state index in [0.717, 1.165) is 5.69 Å². The van der Waals surface area contributed by atoms with Crippen LogP contribution in [0.15, 0.2) is 51.0 Å². The van der Waals surface area contributed by atoms with Gasteiger partial charge in [-0.05, 0) is 37.3 Å². The maximum Gasteiger partial charge on any atom is 0.284 e. The smallest absolute Gasteiger partial charge is 0.284 e. The summed E-state index contributed by atoms with van der Waals surface area (Å²) in [6, 6.07) is 8.69. The zero-order valence-corrected chi connectivity index (χ0v) is 18.2. The molecule has 0 atom stereocenters. The normalized spacial score (nSPS) is 10.5. The van der Waals surface area contributed by atoms with Crippen molar-refractivity contribution < 1.29 is 14.5 Å². The highest BCUT2D eigenvalue weighted by Crippen LogP contribution is 2.37. The van der Waals surface area contributed by atoms with E-state index in [-0.39, 0.29) is 21.8 Å². The first-order valence-corrected chi connectivity index (χ1v) is 10.6. The summed E-state index contributed by atoms with van der Waals surface area (Å²) >= 11 is 8.57. The van der Waals surface area contributed by atoms with Crippen molar-refractivity contribution in [1.82, 2.24) is 10.3 Å². The van der Waals surface area contributed by atoms with Crippen molar-refractivity contribution in [2.24, 2.45) is 0 Å². The number of thiazole rings is 1. The monoisotopic (exact) mass is 462 g/mol. The zero-order chi connectivity index (χ0) is 21.8. The Balaban J connectivity index is 1.85. The van der Waals surface area contributed by atoms with Gasteiger partial charge in [0.1, 0.15) is 0 Å². The Hall–Kier alpha value is -2.95. The van der Waals surface area contributed by atoms with E-state index in [9.17, 15) is 19.7 Å². The van der Waals surface area contributed by atoms with Gasteiger partial charge >= 0.3 is 0 Å². The molecule has 30 heavy (non-hydrogen) atoms. The Labute approximate surface area is 184 Å². The summed E-state index contributed by atoms with van der Waals surface area (Å²) in [4.78, 5) is 40.1. The summed E-state index contributed by atoms with van der Waals surface area (Å²) in [5.41, 5.74) is 1.29. The summed E-state index contributed by atoms with van der Waals surface area (Å²) in [6.45, 7) is 1.84. The van der Waals surface area contributed by atoms with Crippen LogP contribution in [0.2, 0.25) is 5.02 Å². The minimum atomic E-state index is -0.551. The van der Waals surface area contributed by atoms with Crippen molar-refractivity contribution in [3.63, 3.8) is 0 Å². The molecule has 2 N–H and O–H groups in total. The van der Waals surface area contributed by atoms with E-state index in [1.54, 1.807) is 0 Å². The molecular weight excluding hydrogens is 448 g/mol.